The number of nitrogens with one attached hydrogen (secondary N) is 1. The van der Waals surface area contributed by atoms with Crippen LogP contribution in [0.25, 0.3) is 0 Å². The molecule has 0 radical (unpaired) electrons. The first-order chi connectivity index (χ1) is 9.17. The number of benzene rings is 1. The molecule has 1 N–H and O–H groups in total. The maximum atomic E-state index is 6.15. The number of hydrogen-bond acceptors (Lipinski definition) is 2. The molecule has 1 atom stereocenters. The molecule has 0 bridgehead atoms. The molecular formula is C16H22BrNO. The first-order valence-corrected chi connectivity index (χ1v) is 8.08. The standard InChI is InChI=1S/C16H22BrNO/c1-12-6-8-16(9-7-12)11-19-15(10-18-16)13-2-4-14(17)5-3-13/h2-5,12,15,18H,6-11H2,1H3. The molecule has 1 aromatic rings. The molecule has 1 heterocycles. The van der Waals surface area contributed by atoms with E-state index < -0.39 is 0 Å². The second-order valence-electron chi connectivity index (χ2n) is 6.19. The zero-order chi connectivity index (χ0) is 13.3. The van der Waals surface area contributed by atoms with Crippen molar-refractivity contribution in [2.24, 2.45) is 5.92 Å². The molecule has 2 aliphatic rings. The molecule has 1 aromatic carbocycles. The van der Waals surface area contributed by atoms with Crippen LogP contribution in [0.3, 0.4) is 0 Å². The van der Waals surface area contributed by atoms with Crippen LogP contribution in [-0.4, -0.2) is 18.7 Å². The molecule has 3 heteroatoms. The van der Waals surface area contributed by atoms with Gasteiger partial charge in [-0.25, -0.2) is 0 Å². The molecule has 1 saturated heterocycles. The first-order valence-electron chi connectivity index (χ1n) is 7.29. The van der Waals surface area contributed by atoms with Crippen molar-refractivity contribution < 1.29 is 4.74 Å². The average molecular weight is 324 g/mol. The Morgan fingerprint density at radius 1 is 1.21 bits per heavy atom. The van der Waals surface area contributed by atoms with Crippen molar-refractivity contribution >= 4 is 15.9 Å². The van der Waals surface area contributed by atoms with Gasteiger partial charge in [-0.05, 0) is 49.3 Å². The van der Waals surface area contributed by atoms with Gasteiger partial charge in [-0.1, -0.05) is 35.0 Å². The lowest BCUT2D eigenvalue weighted by molar-refractivity contribution is -0.0504. The number of ether oxygens (including phenoxy) is 1. The predicted molar refractivity (Wildman–Crippen MR) is 81.2 cm³/mol. The van der Waals surface area contributed by atoms with Crippen LogP contribution in [0.2, 0.25) is 0 Å². The number of morpholine rings is 1. The van der Waals surface area contributed by atoms with Crippen molar-refractivity contribution in [2.45, 2.75) is 44.2 Å². The van der Waals surface area contributed by atoms with Crippen LogP contribution in [0.1, 0.15) is 44.3 Å². The fraction of sp³-hybridized carbons (Fsp3) is 0.625. The Morgan fingerprint density at radius 2 is 1.89 bits per heavy atom. The van der Waals surface area contributed by atoms with Crippen LogP contribution in [-0.2, 0) is 4.74 Å². The quantitative estimate of drug-likeness (QED) is 0.841. The monoisotopic (exact) mass is 323 g/mol. The normalized spacial score (nSPS) is 35.5. The minimum atomic E-state index is 0.207. The van der Waals surface area contributed by atoms with Crippen molar-refractivity contribution in [3.8, 4) is 0 Å². The van der Waals surface area contributed by atoms with Crippen LogP contribution in [0.15, 0.2) is 28.7 Å². The molecule has 1 aliphatic heterocycles. The van der Waals surface area contributed by atoms with Gasteiger partial charge in [0.25, 0.3) is 0 Å². The summed E-state index contributed by atoms with van der Waals surface area (Å²) in [5, 5.41) is 3.78. The fourth-order valence-corrected chi connectivity index (χ4v) is 3.47. The van der Waals surface area contributed by atoms with Crippen LogP contribution in [0, 0.1) is 5.92 Å². The molecule has 0 aromatic heterocycles. The summed E-state index contributed by atoms with van der Waals surface area (Å²) in [6.45, 7) is 4.16. The SMILES string of the molecule is CC1CCC2(CC1)COC(c1ccc(Br)cc1)CN2. The van der Waals surface area contributed by atoms with E-state index in [1.54, 1.807) is 0 Å². The van der Waals surface area contributed by atoms with Crippen LogP contribution >= 0.6 is 15.9 Å². The number of hydrogen-bond donors (Lipinski definition) is 1. The zero-order valence-corrected chi connectivity index (χ0v) is 13.1. The van der Waals surface area contributed by atoms with Gasteiger partial charge < -0.3 is 10.1 Å². The lowest BCUT2D eigenvalue weighted by Crippen LogP contribution is -2.56. The summed E-state index contributed by atoms with van der Waals surface area (Å²) >= 11 is 3.48. The van der Waals surface area contributed by atoms with Gasteiger partial charge in [0.15, 0.2) is 0 Å². The molecule has 1 spiro atoms. The number of halogens is 1. The lowest BCUT2D eigenvalue weighted by Gasteiger charge is -2.45. The fourth-order valence-electron chi connectivity index (χ4n) is 3.21. The molecule has 1 saturated carbocycles. The molecule has 3 rings (SSSR count). The summed E-state index contributed by atoms with van der Waals surface area (Å²) in [7, 11) is 0. The van der Waals surface area contributed by atoms with Gasteiger partial charge in [0.1, 0.15) is 0 Å². The molecule has 2 nitrogen and oxygen atoms in total. The van der Waals surface area contributed by atoms with E-state index in [0.29, 0.717) is 0 Å². The maximum Gasteiger partial charge on any atom is 0.0950 e. The third kappa shape index (κ3) is 3.04. The highest BCUT2D eigenvalue weighted by Gasteiger charge is 2.38. The van der Waals surface area contributed by atoms with Gasteiger partial charge in [0.2, 0.25) is 0 Å². The van der Waals surface area contributed by atoms with Crippen LogP contribution in [0.5, 0.6) is 0 Å². The van der Waals surface area contributed by atoms with Gasteiger partial charge in [-0.3, -0.25) is 0 Å². The Kier molecular flexibility index (Phi) is 3.97. The highest BCUT2D eigenvalue weighted by atomic mass is 79.9. The summed E-state index contributed by atoms with van der Waals surface area (Å²) in [5.74, 6) is 0.886. The summed E-state index contributed by atoms with van der Waals surface area (Å²) in [6, 6.07) is 8.48. The van der Waals surface area contributed by atoms with Crippen LogP contribution < -0.4 is 5.32 Å². The second-order valence-corrected chi connectivity index (χ2v) is 7.11. The van der Waals surface area contributed by atoms with Crippen molar-refractivity contribution in [3.63, 3.8) is 0 Å². The van der Waals surface area contributed by atoms with E-state index in [2.05, 4.69) is 52.4 Å². The van der Waals surface area contributed by atoms with Gasteiger partial charge in [-0.15, -0.1) is 0 Å². The van der Waals surface area contributed by atoms with Crippen molar-refractivity contribution in [1.82, 2.24) is 5.32 Å². The Balaban J connectivity index is 1.61. The first kappa shape index (κ1) is 13.6. The lowest BCUT2D eigenvalue weighted by atomic mass is 9.77. The topological polar surface area (TPSA) is 21.3 Å². The molecule has 19 heavy (non-hydrogen) atoms. The van der Waals surface area contributed by atoms with Gasteiger partial charge >= 0.3 is 0 Å². The minimum absolute atomic E-state index is 0.207. The van der Waals surface area contributed by atoms with Gasteiger partial charge in [0, 0.05) is 16.6 Å². The Bertz CT molecular complexity index is 413. The zero-order valence-electron chi connectivity index (χ0n) is 11.5. The van der Waals surface area contributed by atoms with E-state index in [0.717, 1.165) is 23.5 Å². The third-order valence-electron chi connectivity index (χ3n) is 4.70. The smallest absolute Gasteiger partial charge is 0.0950 e. The highest BCUT2D eigenvalue weighted by molar-refractivity contribution is 9.10. The van der Waals surface area contributed by atoms with E-state index in [1.165, 1.54) is 31.2 Å². The largest absolute Gasteiger partial charge is 0.370 e. The summed E-state index contributed by atoms with van der Waals surface area (Å²) in [4.78, 5) is 0. The van der Waals surface area contributed by atoms with Crippen molar-refractivity contribution in [1.29, 1.82) is 0 Å². The summed E-state index contributed by atoms with van der Waals surface area (Å²) in [5.41, 5.74) is 1.54. The minimum Gasteiger partial charge on any atom is -0.370 e. The van der Waals surface area contributed by atoms with Crippen molar-refractivity contribution in [2.75, 3.05) is 13.2 Å². The van der Waals surface area contributed by atoms with Gasteiger partial charge in [0.05, 0.1) is 12.7 Å². The Morgan fingerprint density at radius 3 is 2.47 bits per heavy atom. The molecular weight excluding hydrogens is 302 g/mol. The Labute approximate surface area is 124 Å². The highest BCUT2D eigenvalue weighted by Crippen LogP contribution is 2.36. The third-order valence-corrected chi connectivity index (χ3v) is 5.23. The predicted octanol–water partition coefficient (Wildman–Crippen LogP) is 4.06. The molecule has 0 amide bonds. The number of rotatable bonds is 1. The maximum absolute atomic E-state index is 6.15. The molecule has 2 fully saturated rings. The molecule has 1 aliphatic carbocycles. The molecule has 1 unspecified atom stereocenters. The van der Waals surface area contributed by atoms with Crippen molar-refractivity contribution in [3.05, 3.63) is 34.3 Å². The van der Waals surface area contributed by atoms with E-state index in [1.807, 2.05) is 0 Å². The summed E-state index contributed by atoms with van der Waals surface area (Å²) in [6.07, 6.45) is 5.40. The van der Waals surface area contributed by atoms with E-state index in [9.17, 15) is 0 Å². The average Bonchev–Trinajstić information content (AvgIpc) is 2.44. The molecule has 104 valence electrons. The van der Waals surface area contributed by atoms with Gasteiger partial charge in [-0.2, -0.15) is 0 Å². The van der Waals surface area contributed by atoms with Crippen LogP contribution in [0.4, 0.5) is 0 Å². The van der Waals surface area contributed by atoms with E-state index >= 15 is 0 Å². The van der Waals surface area contributed by atoms with E-state index in [4.69, 9.17) is 4.74 Å². The van der Waals surface area contributed by atoms with E-state index in [-0.39, 0.29) is 11.6 Å². The second kappa shape index (κ2) is 5.55. The Hall–Kier alpha value is -0.380. The summed E-state index contributed by atoms with van der Waals surface area (Å²) < 4.78 is 7.28.